The summed E-state index contributed by atoms with van der Waals surface area (Å²) in [5, 5.41) is 49.6. The molecule has 76 heavy (non-hydrogen) atoms. The van der Waals surface area contributed by atoms with Crippen LogP contribution >= 0.6 is 34.3 Å². The fourth-order valence-corrected chi connectivity index (χ4v) is 11.8. The minimum Gasteiger partial charge on any atom is -0.391 e. The van der Waals surface area contributed by atoms with Crippen molar-refractivity contribution in [1.82, 2.24) is 56.5 Å². The van der Waals surface area contributed by atoms with E-state index in [4.69, 9.17) is 16.6 Å². The van der Waals surface area contributed by atoms with E-state index in [1.165, 1.54) is 16.2 Å². The van der Waals surface area contributed by atoms with Gasteiger partial charge in [-0.2, -0.15) is 0 Å². The Morgan fingerprint density at radius 3 is 2.30 bits per heavy atom. The second-order valence-corrected chi connectivity index (χ2v) is 23.1. The van der Waals surface area contributed by atoms with Gasteiger partial charge in [-0.1, -0.05) is 75.2 Å². The minimum atomic E-state index is -1.55. The number of aliphatic hydroxyl groups is 2. The van der Waals surface area contributed by atoms with E-state index in [9.17, 15) is 39.0 Å². The number of nitrogens with zero attached hydrogens (tertiary/aromatic N) is 6. The van der Waals surface area contributed by atoms with Crippen LogP contribution in [0.15, 0.2) is 59.0 Å². The van der Waals surface area contributed by atoms with Crippen molar-refractivity contribution in [3.8, 4) is 15.4 Å². The number of hydrogen-bond acceptors (Lipinski definition) is 15. The Hall–Kier alpha value is -6.43. The number of aliphatic hydroxyl groups excluding tert-OH is 2. The number of nitrogens with one attached hydrogen (secondary N) is 6. The highest BCUT2D eigenvalue weighted by Gasteiger charge is 2.45. The van der Waals surface area contributed by atoms with E-state index in [1.807, 2.05) is 44.4 Å². The number of halogens is 1. The van der Waals surface area contributed by atoms with E-state index in [0.29, 0.717) is 47.2 Å². The Labute approximate surface area is 453 Å². The number of amides is 6. The normalized spacial score (nSPS) is 23.6. The zero-order chi connectivity index (χ0) is 54.6. The molecule has 404 valence electrons. The van der Waals surface area contributed by atoms with Gasteiger partial charge >= 0.3 is 0 Å². The van der Waals surface area contributed by atoms with Crippen LogP contribution in [-0.4, -0.2) is 133 Å². The number of thiophene rings is 1. The first-order valence-corrected chi connectivity index (χ1v) is 27.5. The molecule has 6 heterocycles. The number of hydrogen-bond donors (Lipinski definition) is 8. The van der Waals surface area contributed by atoms with E-state index >= 15 is 0 Å². The van der Waals surface area contributed by atoms with Gasteiger partial charge in [0.1, 0.15) is 47.3 Å². The molecule has 2 fully saturated rings. The average molecular weight is 1100 g/mol. The van der Waals surface area contributed by atoms with Gasteiger partial charge in [0.15, 0.2) is 5.82 Å². The Morgan fingerprint density at radius 2 is 1.61 bits per heavy atom. The molecular weight excluding hydrogens is 1030 g/mol. The molecule has 0 bridgehead atoms. The van der Waals surface area contributed by atoms with Gasteiger partial charge in [-0.25, -0.2) is 4.98 Å². The van der Waals surface area contributed by atoms with Crippen LogP contribution < -0.4 is 31.9 Å². The summed E-state index contributed by atoms with van der Waals surface area (Å²) in [4.78, 5) is 97.3. The van der Waals surface area contributed by atoms with Crippen LogP contribution in [0.1, 0.15) is 116 Å². The Morgan fingerprint density at radius 1 is 0.882 bits per heavy atom. The predicted molar refractivity (Wildman–Crippen MR) is 289 cm³/mol. The van der Waals surface area contributed by atoms with Gasteiger partial charge in [0.25, 0.3) is 0 Å². The average Bonchev–Trinajstić information content (AvgIpc) is 4.18. The molecule has 3 aromatic heterocycles. The molecule has 8 rings (SSSR count). The summed E-state index contributed by atoms with van der Waals surface area (Å²) >= 11 is 9.33. The Kier molecular flexibility index (Phi) is 17.5. The Bertz CT molecular complexity index is 3000. The summed E-state index contributed by atoms with van der Waals surface area (Å²) in [5.74, 6) is -2.30. The standard InChI is InChI=1S/C53H65ClN12O8S2/c1-27-29(3)76-52-42(27)43(31-16-18-34(54)19-17-31)60-36(47-64-63-30(4)66(47)52)22-40(69)56-23-37-48(71)55-20-10-8-9-11-39(68)61-46(53(5,6)7)51(74)65-25-35(67)21-38(65)49(72)62-44(50(73)57-24-41(70)59-37)32-12-14-33(15-13-32)45-28(2)58-26-75-45/h12-19,26,35-38,41,44,46,59,67,70H,8-11,20-25H2,1-7H3,(H,55,71)(H,56,69)(H,57,73)(H,61,68)(H,62,72)/t35-,36+,37-,38+,41?,44+,46-/m1/s1. The zero-order valence-corrected chi connectivity index (χ0v) is 45.9. The molecule has 7 atom stereocenters. The summed E-state index contributed by atoms with van der Waals surface area (Å²) < 4.78 is 1.93. The molecule has 6 amide bonds. The van der Waals surface area contributed by atoms with Crippen LogP contribution in [-0.2, 0) is 28.8 Å². The van der Waals surface area contributed by atoms with E-state index in [-0.39, 0.29) is 44.8 Å². The van der Waals surface area contributed by atoms with Crippen molar-refractivity contribution in [3.05, 3.63) is 104 Å². The number of β-amino-alcohol motifs (C(OH)–C–C–N with tert-alkyl or cyclic N) is 1. The number of aromatic nitrogens is 4. The van der Waals surface area contributed by atoms with Crippen LogP contribution in [0.5, 0.6) is 0 Å². The number of fused-ring (bicyclic) bond motifs is 4. The molecule has 1 unspecified atom stereocenters. The van der Waals surface area contributed by atoms with Gasteiger partial charge in [-0.15, -0.1) is 32.9 Å². The van der Waals surface area contributed by atoms with Crippen LogP contribution in [0.25, 0.3) is 15.4 Å². The first-order chi connectivity index (χ1) is 36.2. The number of rotatable bonds is 7. The van der Waals surface area contributed by atoms with Crippen molar-refractivity contribution in [1.29, 1.82) is 0 Å². The molecule has 3 aliphatic rings. The summed E-state index contributed by atoms with van der Waals surface area (Å²) in [5.41, 5.74) is 6.36. The lowest BCUT2D eigenvalue weighted by molar-refractivity contribution is -0.144. The summed E-state index contributed by atoms with van der Waals surface area (Å²) in [6.07, 6.45) is -1.36. The third kappa shape index (κ3) is 12.7. The zero-order valence-electron chi connectivity index (χ0n) is 43.5. The monoisotopic (exact) mass is 1100 g/mol. The van der Waals surface area contributed by atoms with E-state index in [0.717, 1.165) is 42.7 Å². The molecule has 3 aliphatic heterocycles. The van der Waals surface area contributed by atoms with Crippen molar-refractivity contribution in [3.63, 3.8) is 0 Å². The highest BCUT2D eigenvalue weighted by molar-refractivity contribution is 7.15. The first-order valence-electron chi connectivity index (χ1n) is 25.4. The van der Waals surface area contributed by atoms with Gasteiger partial charge < -0.3 is 41.7 Å². The molecule has 5 aromatic rings. The van der Waals surface area contributed by atoms with Crippen LogP contribution in [0.4, 0.5) is 0 Å². The molecule has 20 nitrogen and oxygen atoms in total. The maximum atomic E-state index is 14.4. The maximum absolute atomic E-state index is 14.4. The molecule has 0 saturated carbocycles. The lowest BCUT2D eigenvalue weighted by atomic mass is 9.85. The van der Waals surface area contributed by atoms with Gasteiger partial charge in [0.2, 0.25) is 35.4 Å². The van der Waals surface area contributed by atoms with Gasteiger partial charge in [-0.3, -0.25) is 43.6 Å². The van der Waals surface area contributed by atoms with E-state index < -0.39 is 84.0 Å². The first kappa shape index (κ1) is 55.8. The lowest BCUT2D eigenvalue weighted by Gasteiger charge is -2.35. The molecule has 2 aromatic carbocycles. The third-order valence-electron chi connectivity index (χ3n) is 13.9. The van der Waals surface area contributed by atoms with Gasteiger partial charge in [0.05, 0.1) is 40.9 Å². The molecule has 2 saturated heterocycles. The van der Waals surface area contributed by atoms with Gasteiger partial charge in [-0.05, 0) is 74.8 Å². The van der Waals surface area contributed by atoms with Crippen molar-refractivity contribution < 1.29 is 39.0 Å². The summed E-state index contributed by atoms with van der Waals surface area (Å²) in [6, 6.07) is 8.67. The molecule has 8 N–H and O–H groups in total. The number of carbonyl (C=O) groups excluding carboxylic acids is 6. The van der Waals surface area contributed by atoms with Crippen molar-refractivity contribution in [2.24, 2.45) is 10.4 Å². The predicted octanol–water partition coefficient (Wildman–Crippen LogP) is 4.17. The minimum absolute atomic E-state index is 0.0798. The maximum Gasteiger partial charge on any atom is 0.247 e. The number of benzene rings is 2. The number of thiazole rings is 1. The van der Waals surface area contributed by atoms with Crippen LogP contribution in [0.2, 0.25) is 5.02 Å². The third-order valence-corrected chi connectivity index (χ3v) is 16.3. The molecule has 23 heteroatoms. The largest absolute Gasteiger partial charge is 0.391 e. The van der Waals surface area contributed by atoms with Crippen molar-refractivity contribution in [2.75, 3.05) is 26.2 Å². The molecule has 0 radical (unpaired) electrons. The molecule has 0 spiro atoms. The van der Waals surface area contributed by atoms with Crippen molar-refractivity contribution >= 4 is 75.4 Å². The van der Waals surface area contributed by atoms with Crippen molar-refractivity contribution in [2.45, 2.75) is 130 Å². The molecular formula is C53H65ClN12O8S2. The fraction of sp³-hybridized carbons (Fsp3) is 0.472. The second kappa shape index (κ2) is 23.9. The SMILES string of the molecule is Cc1ncsc1-c1ccc([C@@H]2NC(=O)[C@@H]3C[C@@H](O)CN3C(=O)[C@H](C(C)(C)C)NC(=O)CCCCCNC(=O)[C@@H](CNC(=O)C[C@@H]3N=C(c4ccc(Cl)cc4)c4c(sc(C)c4C)-n4c(C)nnc43)NC(O)CNC2=O)cc1. The quantitative estimate of drug-likeness (QED) is 0.114. The summed E-state index contributed by atoms with van der Waals surface area (Å²) in [7, 11) is 0. The smallest absolute Gasteiger partial charge is 0.247 e. The molecule has 0 aliphatic carbocycles. The van der Waals surface area contributed by atoms with E-state index in [2.05, 4.69) is 47.1 Å². The number of aryl methyl sites for hydroxylation is 3. The van der Waals surface area contributed by atoms with E-state index in [1.54, 1.807) is 74.0 Å². The Balaban J connectivity index is 1.04. The topological polar surface area (TPSA) is 274 Å². The second-order valence-electron chi connectivity index (χ2n) is 20.6. The number of carbonyl (C=O) groups is 6. The highest BCUT2D eigenvalue weighted by Crippen LogP contribution is 2.40. The van der Waals surface area contributed by atoms with Crippen LogP contribution in [0.3, 0.4) is 0 Å². The highest BCUT2D eigenvalue weighted by atomic mass is 35.5. The fourth-order valence-electron chi connectivity index (χ4n) is 9.63. The van der Waals surface area contributed by atoms with Crippen LogP contribution in [0, 0.1) is 33.1 Å². The lowest BCUT2D eigenvalue weighted by Crippen LogP contribution is -2.58. The number of aliphatic imine (C=N–C) groups is 1. The summed E-state index contributed by atoms with van der Waals surface area (Å²) in [6.45, 7) is 12.5. The van der Waals surface area contributed by atoms with Gasteiger partial charge in [0, 0.05) is 53.5 Å².